The fraction of sp³-hybridized carbons (Fsp3) is 0.562. The number of amides is 1. The van der Waals surface area contributed by atoms with Gasteiger partial charge in [-0.3, -0.25) is 8.98 Å². The second kappa shape index (κ2) is 6.07. The van der Waals surface area contributed by atoms with Crippen LogP contribution in [0.1, 0.15) is 19.8 Å². The quantitative estimate of drug-likeness (QED) is 0.822. The Bertz CT molecular complexity index is 691. The van der Waals surface area contributed by atoms with Crippen molar-refractivity contribution in [3.63, 3.8) is 0 Å². The number of rotatable bonds is 5. The smallest absolute Gasteiger partial charge is 0.264 e. The number of hydrogen-bond donors (Lipinski definition) is 1. The van der Waals surface area contributed by atoms with Gasteiger partial charge in [0.2, 0.25) is 5.91 Å². The average Bonchev–Trinajstić information content (AvgIpc) is 2.95. The van der Waals surface area contributed by atoms with Crippen LogP contribution in [0.25, 0.3) is 0 Å². The monoisotopic (exact) mass is 357 g/mol. The van der Waals surface area contributed by atoms with Gasteiger partial charge in [-0.25, -0.2) is 0 Å². The molecule has 0 spiro atoms. The lowest BCUT2D eigenvalue weighted by atomic mass is 9.97. The lowest BCUT2D eigenvalue weighted by molar-refractivity contribution is -0.120. The van der Waals surface area contributed by atoms with Gasteiger partial charge in [-0.1, -0.05) is 18.5 Å². The molecule has 126 valence electrons. The Balaban J connectivity index is 1.52. The molecule has 0 aromatic heterocycles. The maximum atomic E-state index is 12.3. The Morgan fingerprint density at radius 1 is 1.26 bits per heavy atom. The van der Waals surface area contributed by atoms with Crippen LogP contribution in [0.4, 0.5) is 5.69 Å². The van der Waals surface area contributed by atoms with Crippen molar-refractivity contribution >= 4 is 33.3 Å². The number of halogens is 1. The van der Waals surface area contributed by atoms with Gasteiger partial charge >= 0.3 is 0 Å². The van der Waals surface area contributed by atoms with Crippen molar-refractivity contribution in [2.45, 2.75) is 25.9 Å². The number of hydrogen-bond acceptors (Lipinski definition) is 4. The van der Waals surface area contributed by atoms with E-state index in [0.29, 0.717) is 22.8 Å². The maximum absolute atomic E-state index is 12.3. The summed E-state index contributed by atoms with van der Waals surface area (Å²) in [5.74, 6) is 1.01. The molecule has 0 heterocycles. The summed E-state index contributed by atoms with van der Waals surface area (Å²) >= 11 is 5.83. The van der Waals surface area contributed by atoms with Gasteiger partial charge in [0.1, 0.15) is 0 Å². The molecule has 1 aromatic carbocycles. The molecule has 0 saturated heterocycles. The van der Waals surface area contributed by atoms with E-state index in [1.165, 1.54) is 0 Å². The van der Waals surface area contributed by atoms with Crippen LogP contribution in [0.5, 0.6) is 0 Å². The molecule has 1 aromatic rings. The van der Waals surface area contributed by atoms with E-state index < -0.39 is 10.1 Å². The van der Waals surface area contributed by atoms with Crippen LogP contribution in [0.2, 0.25) is 5.02 Å². The molecule has 2 saturated carbocycles. The van der Waals surface area contributed by atoms with Crippen molar-refractivity contribution in [1.82, 2.24) is 0 Å². The van der Waals surface area contributed by atoms with Crippen molar-refractivity contribution < 1.29 is 17.4 Å². The molecule has 3 unspecified atom stereocenters. The largest absolute Gasteiger partial charge is 0.326 e. The molecular weight excluding hydrogens is 338 g/mol. The average molecular weight is 358 g/mol. The van der Waals surface area contributed by atoms with Crippen LogP contribution in [0.15, 0.2) is 24.3 Å². The van der Waals surface area contributed by atoms with Crippen LogP contribution in [-0.4, -0.2) is 26.7 Å². The zero-order valence-corrected chi connectivity index (χ0v) is 14.6. The van der Waals surface area contributed by atoms with Gasteiger partial charge in [0.25, 0.3) is 10.1 Å². The van der Waals surface area contributed by atoms with Crippen molar-refractivity contribution in [2.24, 2.45) is 23.7 Å². The Kier molecular flexibility index (Phi) is 4.42. The van der Waals surface area contributed by atoms with Gasteiger partial charge in [-0.15, -0.1) is 0 Å². The molecule has 1 amide bonds. The summed E-state index contributed by atoms with van der Waals surface area (Å²) in [6.45, 7) is 1.93. The minimum Gasteiger partial charge on any atom is -0.326 e. The van der Waals surface area contributed by atoms with E-state index in [4.69, 9.17) is 15.8 Å². The van der Waals surface area contributed by atoms with Crippen molar-refractivity contribution in [3.05, 3.63) is 29.3 Å². The molecule has 2 aliphatic carbocycles. The number of benzene rings is 1. The Labute approximate surface area is 141 Å². The van der Waals surface area contributed by atoms with E-state index in [0.717, 1.165) is 24.8 Å². The third kappa shape index (κ3) is 3.87. The van der Waals surface area contributed by atoms with Crippen molar-refractivity contribution in [1.29, 1.82) is 0 Å². The third-order valence-corrected chi connectivity index (χ3v) is 5.76. The Morgan fingerprint density at radius 2 is 1.83 bits per heavy atom. The standard InChI is InChI=1S/C16H20ClNO4S/c1-9(16(19)18-11-5-3-10(17)4-6-11)15-13-7-12(8-14(13)15)22-23(2,20)21/h3-6,9,12-15H,7-8H2,1-2H3,(H,18,19). The zero-order chi connectivity index (χ0) is 16.8. The highest BCUT2D eigenvalue weighted by atomic mass is 35.5. The topological polar surface area (TPSA) is 72.5 Å². The number of carbonyl (C=O) groups is 1. The van der Waals surface area contributed by atoms with E-state index in [1.54, 1.807) is 24.3 Å². The van der Waals surface area contributed by atoms with Gasteiger partial charge in [0.15, 0.2) is 0 Å². The lowest BCUT2D eigenvalue weighted by Gasteiger charge is -2.17. The maximum Gasteiger partial charge on any atom is 0.264 e. The first kappa shape index (κ1) is 16.7. The second-order valence-electron chi connectivity index (χ2n) is 6.58. The number of fused-ring (bicyclic) bond motifs is 1. The van der Waals surface area contributed by atoms with Gasteiger partial charge < -0.3 is 5.32 Å². The summed E-state index contributed by atoms with van der Waals surface area (Å²) in [7, 11) is -3.40. The molecule has 3 rings (SSSR count). The molecule has 5 nitrogen and oxygen atoms in total. The van der Waals surface area contributed by atoms with E-state index in [2.05, 4.69) is 5.32 Å². The van der Waals surface area contributed by atoms with Crippen LogP contribution in [-0.2, 0) is 19.1 Å². The van der Waals surface area contributed by atoms with E-state index in [9.17, 15) is 13.2 Å². The summed E-state index contributed by atoms with van der Waals surface area (Å²) in [4.78, 5) is 12.3. The van der Waals surface area contributed by atoms with E-state index >= 15 is 0 Å². The Hall–Kier alpha value is -1.11. The van der Waals surface area contributed by atoms with Gasteiger partial charge in [0.05, 0.1) is 12.4 Å². The molecule has 2 fully saturated rings. The minimum absolute atomic E-state index is 0.00713. The molecule has 1 N–H and O–H groups in total. The molecule has 0 bridgehead atoms. The number of nitrogens with one attached hydrogen (secondary N) is 1. The van der Waals surface area contributed by atoms with Crippen molar-refractivity contribution in [2.75, 3.05) is 11.6 Å². The Morgan fingerprint density at radius 3 is 2.35 bits per heavy atom. The van der Waals surface area contributed by atoms with Crippen LogP contribution in [0, 0.1) is 23.7 Å². The molecule has 23 heavy (non-hydrogen) atoms. The minimum atomic E-state index is -3.40. The van der Waals surface area contributed by atoms with Crippen LogP contribution < -0.4 is 5.32 Å². The highest BCUT2D eigenvalue weighted by Crippen LogP contribution is 2.61. The zero-order valence-electron chi connectivity index (χ0n) is 13.0. The second-order valence-corrected chi connectivity index (χ2v) is 8.62. The molecular formula is C16H20ClNO4S. The normalized spacial score (nSPS) is 30.6. The highest BCUT2D eigenvalue weighted by molar-refractivity contribution is 7.86. The lowest BCUT2D eigenvalue weighted by Crippen LogP contribution is -2.25. The molecule has 0 aliphatic heterocycles. The predicted molar refractivity (Wildman–Crippen MR) is 88.7 cm³/mol. The summed E-state index contributed by atoms with van der Waals surface area (Å²) in [5, 5.41) is 3.53. The molecule has 7 heteroatoms. The van der Waals surface area contributed by atoms with Crippen molar-refractivity contribution in [3.8, 4) is 0 Å². The highest BCUT2D eigenvalue weighted by Gasteiger charge is 2.59. The van der Waals surface area contributed by atoms with Crippen LogP contribution in [0.3, 0.4) is 0 Å². The summed E-state index contributed by atoms with van der Waals surface area (Å²) in [6.07, 6.45) is 2.31. The van der Waals surface area contributed by atoms with Gasteiger partial charge in [0, 0.05) is 16.6 Å². The molecule has 2 aliphatic rings. The summed E-state index contributed by atoms with van der Waals surface area (Å²) in [5.41, 5.74) is 0.732. The van der Waals surface area contributed by atoms with E-state index in [1.807, 2.05) is 6.92 Å². The first-order chi connectivity index (χ1) is 10.7. The molecule has 3 atom stereocenters. The first-order valence-electron chi connectivity index (χ1n) is 7.69. The molecule has 0 radical (unpaired) electrons. The third-order valence-electron chi connectivity index (χ3n) is 4.88. The fourth-order valence-electron chi connectivity index (χ4n) is 3.87. The SMILES string of the molecule is CC(C(=O)Nc1ccc(Cl)cc1)C1C2CC(OS(C)(=O)=O)CC21. The van der Waals surface area contributed by atoms with Gasteiger partial charge in [-0.05, 0) is 54.9 Å². The first-order valence-corrected chi connectivity index (χ1v) is 9.89. The van der Waals surface area contributed by atoms with Gasteiger partial charge in [-0.2, -0.15) is 8.42 Å². The number of carbonyl (C=O) groups excluding carboxylic acids is 1. The fourth-order valence-corrected chi connectivity index (χ4v) is 4.65. The predicted octanol–water partition coefficient (Wildman–Crippen LogP) is 2.92. The number of anilines is 1. The van der Waals surface area contributed by atoms with E-state index in [-0.39, 0.29) is 17.9 Å². The van der Waals surface area contributed by atoms with Crippen LogP contribution >= 0.6 is 11.6 Å². The summed E-state index contributed by atoms with van der Waals surface area (Å²) in [6, 6.07) is 7.02. The summed E-state index contributed by atoms with van der Waals surface area (Å²) < 4.78 is 27.4.